The number of anilines is 2. The van der Waals surface area contributed by atoms with Crippen LogP contribution in [0.1, 0.15) is 26.7 Å². The van der Waals surface area contributed by atoms with E-state index in [4.69, 9.17) is 10.8 Å². The van der Waals surface area contributed by atoms with Crippen molar-refractivity contribution in [2.24, 2.45) is 7.05 Å². The molecular formula is C11H22N4O. The highest BCUT2D eigenvalue weighted by molar-refractivity contribution is 5.62. The maximum Gasteiger partial charge on any atom is 0.174 e. The third-order valence-electron chi connectivity index (χ3n) is 2.83. The number of nitrogen functional groups attached to an aromatic ring is 1. The van der Waals surface area contributed by atoms with Crippen LogP contribution in [0.5, 0.6) is 0 Å². The molecule has 1 rings (SSSR count). The molecule has 0 saturated carbocycles. The van der Waals surface area contributed by atoms with Crippen LogP contribution in [0.15, 0.2) is 6.20 Å². The minimum absolute atomic E-state index is 0.118. The number of nitrogens with zero attached hydrogens (tertiary/aromatic N) is 3. The summed E-state index contributed by atoms with van der Waals surface area (Å²) in [6.07, 6.45) is 3.83. The van der Waals surface area contributed by atoms with Gasteiger partial charge in [0.25, 0.3) is 0 Å². The van der Waals surface area contributed by atoms with Crippen molar-refractivity contribution < 1.29 is 5.11 Å². The summed E-state index contributed by atoms with van der Waals surface area (Å²) in [5.41, 5.74) is 6.58. The van der Waals surface area contributed by atoms with Crippen LogP contribution in [0.3, 0.4) is 0 Å². The summed E-state index contributed by atoms with van der Waals surface area (Å²) in [4.78, 5) is 2.09. The fourth-order valence-electron chi connectivity index (χ4n) is 2.02. The summed E-state index contributed by atoms with van der Waals surface area (Å²) in [5.74, 6) is 0.783. The Kier molecular flexibility index (Phi) is 4.61. The molecule has 0 atom stereocenters. The van der Waals surface area contributed by atoms with Gasteiger partial charge >= 0.3 is 0 Å². The second-order valence-corrected chi connectivity index (χ2v) is 3.97. The lowest BCUT2D eigenvalue weighted by molar-refractivity contribution is 0.295. The van der Waals surface area contributed by atoms with Crippen molar-refractivity contribution in [1.29, 1.82) is 0 Å². The van der Waals surface area contributed by atoms with E-state index in [-0.39, 0.29) is 6.61 Å². The first-order valence-electron chi connectivity index (χ1n) is 5.80. The SMILES string of the molecule is CCC(CC)N(CCO)c1nn(C)cc1N. The zero-order valence-corrected chi connectivity index (χ0v) is 10.3. The van der Waals surface area contributed by atoms with Crippen LogP contribution >= 0.6 is 0 Å². The van der Waals surface area contributed by atoms with Gasteiger partial charge in [0.05, 0.1) is 12.3 Å². The highest BCUT2D eigenvalue weighted by Crippen LogP contribution is 2.24. The van der Waals surface area contributed by atoms with Gasteiger partial charge in [0.2, 0.25) is 0 Å². The molecule has 1 heterocycles. The van der Waals surface area contributed by atoms with Gasteiger partial charge in [-0.3, -0.25) is 4.68 Å². The maximum absolute atomic E-state index is 9.12. The topological polar surface area (TPSA) is 67.3 Å². The lowest BCUT2D eigenvalue weighted by Gasteiger charge is -2.30. The second-order valence-electron chi connectivity index (χ2n) is 3.97. The van der Waals surface area contributed by atoms with Gasteiger partial charge in [-0.2, -0.15) is 5.10 Å². The van der Waals surface area contributed by atoms with E-state index in [0.717, 1.165) is 18.7 Å². The molecule has 0 spiro atoms. The lowest BCUT2D eigenvalue weighted by Crippen LogP contribution is -2.37. The first-order chi connectivity index (χ1) is 7.63. The average Bonchev–Trinajstić information content (AvgIpc) is 2.58. The number of hydrogen-bond donors (Lipinski definition) is 2. The number of aliphatic hydroxyl groups excluding tert-OH is 1. The monoisotopic (exact) mass is 226 g/mol. The largest absolute Gasteiger partial charge is 0.395 e. The smallest absolute Gasteiger partial charge is 0.174 e. The Morgan fingerprint density at radius 3 is 2.50 bits per heavy atom. The summed E-state index contributed by atoms with van der Waals surface area (Å²) < 4.78 is 1.71. The van der Waals surface area contributed by atoms with Crippen LogP contribution in [0.25, 0.3) is 0 Å². The molecule has 0 fully saturated rings. The van der Waals surface area contributed by atoms with Crippen molar-refractivity contribution in [1.82, 2.24) is 9.78 Å². The third kappa shape index (κ3) is 2.66. The fraction of sp³-hybridized carbons (Fsp3) is 0.727. The second kappa shape index (κ2) is 5.75. The number of hydrogen-bond acceptors (Lipinski definition) is 4. The Balaban J connectivity index is 2.96. The Morgan fingerprint density at radius 1 is 1.50 bits per heavy atom. The van der Waals surface area contributed by atoms with E-state index >= 15 is 0 Å². The zero-order valence-electron chi connectivity index (χ0n) is 10.3. The Hall–Kier alpha value is -1.23. The highest BCUT2D eigenvalue weighted by Gasteiger charge is 2.19. The van der Waals surface area contributed by atoms with Crippen LogP contribution in [0.2, 0.25) is 0 Å². The molecule has 0 saturated heterocycles. The molecule has 5 heteroatoms. The fourth-order valence-corrected chi connectivity index (χ4v) is 2.02. The van der Waals surface area contributed by atoms with Crippen LogP contribution in [-0.4, -0.2) is 34.1 Å². The van der Waals surface area contributed by atoms with Crippen LogP contribution in [0.4, 0.5) is 11.5 Å². The van der Waals surface area contributed by atoms with Crippen molar-refractivity contribution in [3.63, 3.8) is 0 Å². The number of aliphatic hydroxyl groups is 1. The molecule has 0 aromatic carbocycles. The minimum atomic E-state index is 0.118. The van der Waals surface area contributed by atoms with Crippen LogP contribution < -0.4 is 10.6 Å². The van der Waals surface area contributed by atoms with Crippen LogP contribution in [-0.2, 0) is 7.05 Å². The Labute approximate surface area is 96.9 Å². The molecule has 0 radical (unpaired) electrons. The Bertz CT molecular complexity index is 320. The van der Waals surface area contributed by atoms with E-state index in [1.54, 1.807) is 10.9 Å². The van der Waals surface area contributed by atoms with Crippen molar-refractivity contribution >= 4 is 11.5 Å². The molecule has 92 valence electrons. The predicted molar refractivity (Wildman–Crippen MR) is 66.4 cm³/mol. The maximum atomic E-state index is 9.12. The first-order valence-corrected chi connectivity index (χ1v) is 5.80. The molecule has 0 bridgehead atoms. The number of aryl methyl sites for hydroxylation is 1. The predicted octanol–water partition coefficient (Wildman–Crippen LogP) is 0.990. The van der Waals surface area contributed by atoms with Gasteiger partial charge in [-0.15, -0.1) is 0 Å². The number of rotatable bonds is 6. The molecule has 0 aliphatic carbocycles. The van der Waals surface area contributed by atoms with Gasteiger partial charge in [-0.25, -0.2) is 0 Å². The summed E-state index contributed by atoms with van der Waals surface area (Å²) in [6.45, 7) is 4.97. The summed E-state index contributed by atoms with van der Waals surface area (Å²) in [7, 11) is 1.85. The molecule has 0 aliphatic heterocycles. The van der Waals surface area contributed by atoms with E-state index in [9.17, 15) is 0 Å². The summed E-state index contributed by atoms with van der Waals surface area (Å²) in [5, 5.41) is 13.5. The van der Waals surface area contributed by atoms with E-state index in [1.807, 2.05) is 7.05 Å². The lowest BCUT2D eigenvalue weighted by atomic mass is 10.1. The molecule has 5 nitrogen and oxygen atoms in total. The molecule has 0 amide bonds. The van der Waals surface area contributed by atoms with E-state index < -0.39 is 0 Å². The molecule has 16 heavy (non-hydrogen) atoms. The molecule has 0 unspecified atom stereocenters. The van der Waals surface area contributed by atoms with Gasteiger partial charge in [-0.1, -0.05) is 13.8 Å². The highest BCUT2D eigenvalue weighted by atomic mass is 16.3. The van der Waals surface area contributed by atoms with E-state index in [1.165, 1.54) is 0 Å². The molecule has 0 aliphatic rings. The van der Waals surface area contributed by atoms with Gasteiger partial charge in [0, 0.05) is 25.8 Å². The summed E-state index contributed by atoms with van der Waals surface area (Å²) in [6, 6.07) is 0.379. The molecule has 1 aromatic heterocycles. The standard InChI is InChI=1S/C11H22N4O/c1-4-9(5-2)15(6-7-16)11-10(12)8-14(3)13-11/h8-9,16H,4-7,12H2,1-3H3. The number of nitrogens with two attached hydrogens (primary N) is 1. The van der Waals surface area contributed by atoms with Crippen molar-refractivity contribution in [3.8, 4) is 0 Å². The molecule has 3 N–H and O–H groups in total. The average molecular weight is 226 g/mol. The quantitative estimate of drug-likeness (QED) is 0.759. The van der Waals surface area contributed by atoms with Crippen molar-refractivity contribution in [3.05, 3.63) is 6.20 Å². The third-order valence-corrected chi connectivity index (χ3v) is 2.83. The minimum Gasteiger partial charge on any atom is -0.395 e. The number of aromatic nitrogens is 2. The van der Waals surface area contributed by atoms with E-state index in [0.29, 0.717) is 18.3 Å². The van der Waals surface area contributed by atoms with E-state index in [2.05, 4.69) is 23.8 Å². The molecular weight excluding hydrogens is 204 g/mol. The normalized spacial score (nSPS) is 11.1. The van der Waals surface area contributed by atoms with Crippen molar-refractivity contribution in [2.45, 2.75) is 32.7 Å². The van der Waals surface area contributed by atoms with Gasteiger partial charge in [0.1, 0.15) is 0 Å². The van der Waals surface area contributed by atoms with Crippen LogP contribution in [0, 0.1) is 0 Å². The Morgan fingerprint density at radius 2 is 2.12 bits per heavy atom. The van der Waals surface area contributed by atoms with Gasteiger partial charge in [0.15, 0.2) is 5.82 Å². The van der Waals surface area contributed by atoms with Crippen molar-refractivity contribution in [2.75, 3.05) is 23.8 Å². The summed E-state index contributed by atoms with van der Waals surface area (Å²) >= 11 is 0. The van der Waals surface area contributed by atoms with Gasteiger partial charge < -0.3 is 15.7 Å². The first kappa shape index (κ1) is 12.8. The van der Waals surface area contributed by atoms with Gasteiger partial charge in [-0.05, 0) is 12.8 Å². The zero-order chi connectivity index (χ0) is 12.1. The molecule has 1 aromatic rings.